The quantitative estimate of drug-likeness (QED) is 0.0721. The van der Waals surface area contributed by atoms with E-state index in [2.05, 4.69) is 39.4 Å². The Morgan fingerprint density at radius 3 is 2.32 bits per heavy atom. The van der Waals surface area contributed by atoms with Gasteiger partial charge in [0.1, 0.15) is 17.1 Å². The van der Waals surface area contributed by atoms with E-state index in [4.69, 9.17) is 10.5 Å². The number of nitrogen functional groups attached to an aromatic ring is 1. The van der Waals surface area contributed by atoms with Crippen molar-refractivity contribution in [1.29, 1.82) is 0 Å². The lowest BCUT2D eigenvalue weighted by Gasteiger charge is -2.40. The molecule has 0 radical (unpaired) electrons. The molecule has 63 heavy (non-hydrogen) atoms. The minimum atomic E-state index is -4.86. The molecule has 3 aliphatic rings. The fourth-order valence-corrected chi connectivity index (χ4v) is 7.55. The number of hydrogen-bond acceptors (Lipinski definition) is 10. The van der Waals surface area contributed by atoms with E-state index < -0.39 is 35.4 Å². The summed E-state index contributed by atoms with van der Waals surface area (Å²) < 4.78 is 62.6. The molecule has 0 saturated carbocycles. The van der Waals surface area contributed by atoms with Crippen LogP contribution in [0.3, 0.4) is 0 Å². The molecule has 2 aromatic carbocycles. The molecule has 3 aliphatic heterocycles. The number of alkyl halides is 3. The fourth-order valence-electron chi connectivity index (χ4n) is 7.55. The molecule has 0 bridgehead atoms. The highest BCUT2D eigenvalue weighted by Gasteiger charge is 2.39. The number of halogens is 4. The van der Waals surface area contributed by atoms with Crippen LogP contribution in [0.5, 0.6) is 5.75 Å². The van der Waals surface area contributed by atoms with Gasteiger partial charge in [-0.05, 0) is 55.7 Å². The standard InChI is InChI=1S/C40H49F4N9O4.C2H4O2.C2H6/c1-4-53(3,24-26-20-46-21-26)17-5-6-35(55)50-13-15-51(16-14-50)39(57)30-11-10-29(19-34(30)54)48-38(56)36-25(2)7-8-27(22-47-36)31-23-52(49-37(31)40(42,43)44)33-12-9-28(45)18-32(33)41;1-4-2-3;1-2/h9-12,18-19,22-23,25-26,46H,4-8,13-17,20-21,24,45H2,1-3H3,(H-,48,54,56,57);2H,1H3;1-2H3/p+1. The molecule has 19 heteroatoms. The minimum absolute atomic E-state index is 0.0404. The molecule has 15 nitrogen and oxygen atoms in total. The molecule has 6 rings (SSSR count). The molecule has 0 spiro atoms. The van der Waals surface area contributed by atoms with Gasteiger partial charge in [0, 0.05) is 99.3 Å². The normalized spacial score (nSPS) is 17.5. The van der Waals surface area contributed by atoms with Crippen LogP contribution in [0.1, 0.15) is 75.0 Å². The monoisotopic (exact) mass is 886 g/mol. The number of aliphatic imine (C=N–C) groups is 1. The van der Waals surface area contributed by atoms with Gasteiger partial charge in [0.05, 0.1) is 39.4 Å². The first-order valence-electron chi connectivity index (χ1n) is 21.2. The first-order chi connectivity index (χ1) is 30.0. The zero-order chi connectivity index (χ0) is 46.5. The number of nitrogens with two attached hydrogens (primary N) is 1. The number of allylic oxidation sites excluding steroid dienone is 1. The largest absolute Gasteiger partial charge is 0.507 e. The van der Waals surface area contributed by atoms with E-state index in [1.54, 1.807) is 16.7 Å². The molecule has 2 saturated heterocycles. The number of carbonyl (C=O) groups is 4. The third-order valence-corrected chi connectivity index (χ3v) is 11.4. The number of aromatic hydroxyl groups is 1. The summed E-state index contributed by atoms with van der Waals surface area (Å²) in [4.78, 5) is 56.4. The van der Waals surface area contributed by atoms with Crippen molar-refractivity contribution in [3.63, 3.8) is 0 Å². The number of hydrogen-bond donors (Lipinski definition) is 4. The molecule has 2 fully saturated rings. The second kappa shape index (κ2) is 22.5. The lowest BCUT2D eigenvalue weighted by Crippen LogP contribution is -2.55. The third-order valence-electron chi connectivity index (χ3n) is 11.4. The van der Waals surface area contributed by atoms with Gasteiger partial charge in [0.15, 0.2) is 11.5 Å². The molecule has 2 atom stereocenters. The van der Waals surface area contributed by atoms with Crippen molar-refractivity contribution in [2.24, 2.45) is 16.8 Å². The number of phenols is 1. The summed E-state index contributed by atoms with van der Waals surface area (Å²) in [5, 5.41) is 20.5. The molecular weight excluding hydrogens is 827 g/mol. The fraction of sp³-hybridized carbons (Fsp3) is 0.500. The number of nitrogens with zero attached hydrogens (tertiary/aromatic N) is 6. The summed E-state index contributed by atoms with van der Waals surface area (Å²) in [5.41, 5.74) is 4.40. The highest BCUT2D eigenvalue weighted by Crippen LogP contribution is 2.38. The van der Waals surface area contributed by atoms with Gasteiger partial charge < -0.3 is 40.5 Å². The van der Waals surface area contributed by atoms with Gasteiger partial charge in [-0.1, -0.05) is 20.8 Å². The molecule has 0 aliphatic carbocycles. The highest BCUT2D eigenvalue weighted by atomic mass is 19.4. The number of nitrogens with one attached hydrogen (secondary N) is 2. The Morgan fingerprint density at radius 1 is 1.08 bits per heavy atom. The van der Waals surface area contributed by atoms with Crippen LogP contribution in [0.4, 0.5) is 28.9 Å². The topological polar surface area (TPSA) is 184 Å². The van der Waals surface area contributed by atoms with Gasteiger partial charge in [-0.3, -0.25) is 24.2 Å². The lowest BCUT2D eigenvalue weighted by atomic mass is 9.95. The maximum atomic E-state index is 14.6. The summed E-state index contributed by atoms with van der Waals surface area (Å²) in [5.74, 6) is -1.94. The Kier molecular flexibility index (Phi) is 17.8. The lowest BCUT2D eigenvalue weighted by molar-refractivity contribution is -0.911. The van der Waals surface area contributed by atoms with Crippen molar-refractivity contribution in [3.8, 4) is 11.4 Å². The van der Waals surface area contributed by atoms with Crippen LogP contribution >= 0.6 is 0 Å². The Hall–Kier alpha value is -5.82. The number of piperazine rings is 1. The van der Waals surface area contributed by atoms with Crippen molar-refractivity contribution in [2.75, 3.05) is 84.1 Å². The predicted octanol–water partition coefficient (Wildman–Crippen LogP) is 5.73. The summed E-state index contributed by atoms with van der Waals surface area (Å²) in [6.45, 7) is 14.9. The van der Waals surface area contributed by atoms with Gasteiger partial charge >= 0.3 is 6.18 Å². The van der Waals surface area contributed by atoms with Crippen LogP contribution in [0.25, 0.3) is 11.3 Å². The van der Waals surface area contributed by atoms with Gasteiger partial charge in [-0.25, -0.2) is 9.07 Å². The molecule has 2 unspecified atom stereocenters. The minimum Gasteiger partial charge on any atom is -0.507 e. The number of quaternary nitrogens is 1. The predicted molar refractivity (Wildman–Crippen MR) is 232 cm³/mol. The van der Waals surface area contributed by atoms with Crippen LogP contribution < -0.4 is 16.4 Å². The molecule has 1 aromatic heterocycles. The number of benzene rings is 2. The Labute approximate surface area is 365 Å². The van der Waals surface area contributed by atoms with E-state index in [1.165, 1.54) is 43.6 Å². The summed E-state index contributed by atoms with van der Waals surface area (Å²) >= 11 is 0. The number of aromatic nitrogens is 2. The summed E-state index contributed by atoms with van der Waals surface area (Å²) in [6, 6.07) is 7.70. The Balaban J connectivity index is 0.00000137. The van der Waals surface area contributed by atoms with Gasteiger partial charge in [-0.2, -0.15) is 18.3 Å². The summed E-state index contributed by atoms with van der Waals surface area (Å²) in [6.07, 6.45) is -0.941. The van der Waals surface area contributed by atoms with E-state index in [-0.39, 0.29) is 64.0 Å². The smallest absolute Gasteiger partial charge is 0.435 e. The average molecular weight is 887 g/mol. The van der Waals surface area contributed by atoms with E-state index in [1.807, 2.05) is 13.8 Å². The number of rotatable bonds is 13. The second-order valence-corrected chi connectivity index (χ2v) is 15.8. The number of amides is 3. The van der Waals surface area contributed by atoms with Gasteiger partial charge in [0.2, 0.25) is 5.91 Å². The number of methoxy groups -OCH3 is 1. The second-order valence-electron chi connectivity index (χ2n) is 15.8. The van der Waals surface area contributed by atoms with Gasteiger partial charge in [0.25, 0.3) is 18.3 Å². The van der Waals surface area contributed by atoms with Crippen LogP contribution in [0.15, 0.2) is 53.8 Å². The zero-order valence-electron chi connectivity index (χ0n) is 36.8. The maximum absolute atomic E-state index is 14.6. The van der Waals surface area contributed by atoms with Crippen LogP contribution in [-0.4, -0.2) is 132 Å². The molecule has 344 valence electrons. The number of phenolic OH excluding ortho intramolecular Hbond substituents is 1. The van der Waals surface area contributed by atoms with Crippen LogP contribution in [0.2, 0.25) is 0 Å². The zero-order valence-corrected chi connectivity index (χ0v) is 36.8. The number of carbonyl (C=O) groups excluding carboxylic acids is 4. The number of anilines is 2. The average Bonchev–Trinajstić information content (AvgIpc) is 3.60. The summed E-state index contributed by atoms with van der Waals surface area (Å²) in [7, 11) is 3.56. The maximum Gasteiger partial charge on any atom is 0.435 e. The first-order valence-corrected chi connectivity index (χ1v) is 21.2. The van der Waals surface area contributed by atoms with Gasteiger partial charge in [-0.15, -0.1) is 0 Å². The van der Waals surface area contributed by atoms with Crippen LogP contribution in [0, 0.1) is 17.7 Å². The highest BCUT2D eigenvalue weighted by molar-refractivity contribution is 6.44. The Bertz CT molecular complexity index is 2130. The van der Waals surface area contributed by atoms with Crippen molar-refractivity contribution in [3.05, 3.63) is 71.4 Å². The SMILES string of the molecule is CC.CC[N+](C)(CCCC(=O)N1CCN(C(=O)c2ccc(NC(=O)C3=NC=C(c4cn(-c5ccc(N)cc5F)nc4C(F)(F)F)CCC3C)cc2O)CC1)CC1CNC1.COC=O. The molecule has 5 N–H and O–H groups in total. The van der Waals surface area contributed by atoms with Crippen molar-refractivity contribution in [2.45, 2.75) is 59.6 Å². The Morgan fingerprint density at radius 2 is 1.75 bits per heavy atom. The van der Waals surface area contributed by atoms with Crippen molar-refractivity contribution >= 4 is 46.9 Å². The molecular formula is C44H60F4N9O6+. The molecule has 4 heterocycles. The van der Waals surface area contributed by atoms with Crippen molar-refractivity contribution < 1.29 is 51.1 Å². The van der Waals surface area contributed by atoms with E-state index in [0.717, 1.165) is 60.6 Å². The first kappa shape index (κ1) is 49.8. The van der Waals surface area contributed by atoms with Crippen LogP contribution in [-0.2, 0) is 25.3 Å². The third kappa shape index (κ3) is 13.1. The molecule has 3 amide bonds. The van der Waals surface area contributed by atoms with E-state index >= 15 is 0 Å². The molecule has 3 aromatic rings. The van der Waals surface area contributed by atoms with E-state index in [0.29, 0.717) is 45.0 Å². The number of ether oxygens (including phenoxy) is 1. The van der Waals surface area contributed by atoms with E-state index in [9.17, 15) is 37.1 Å². The van der Waals surface area contributed by atoms with Crippen molar-refractivity contribution in [1.82, 2.24) is 24.9 Å².